The second-order valence-electron chi connectivity index (χ2n) is 9.20. The first-order valence-electron chi connectivity index (χ1n) is 10.3. The van der Waals surface area contributed by atoms with Gasteiger partial charge in [-0.3, -0.25) is 14.9 Å². The number of fused-ring (bicyclic) bond motifs is 4. The van der Waals surface area contributed by atoms with E-state index >= 15 is 0 Å². The molecule has 0 bridgehead atoms. The van der Waals surface area contributed by atoms with Gasteiger partial charge in [0.2, 0.25) is 0 Å². The van der Waals surface area contributed by atoms with Gasteiger partial charge in [0.15, 0.2) is 5.78 Å². The molecule has 0 aromatic heterocycles. The summed E-state index contributed by atoms with van der Waals surface area (Å²) in [4.78, 5) is 24.5. The maximum absolute atomic E-state index is 13.5. The van der Waals surface area contributed by atoms with Crippen LogP contribution in [0, 0.1) is 15.5 Å². The van der Waals surface area contributed by atoms with Crippen molar-refractivity contribution in [2.75, 3.05) is 5.32 Å². The number of ketones is 1. The molecule has 1 N–H and O–H groups in total. The molecular formula is C25H20Cl2N2O3. The highest BCUT2D eigenvalue weighted by Gasteiger charge is 2.41. The Morgan fingerprint density at radius 3 is 2.56 bits per heavy atom. The van der Waals surface area contributed by atoms with Crippen LogP contribution in [0.3, 0.4) is 0 Å². The largest absolute Gasteiger partial charge is 0.373 e. The van der Waals surface area contributed by atoms with Gasteiger partial charge in [0.1, 0.15) is 5.02 Å². The van der Waals surface area contributed by atoms with Gasteiger partial charge < -0.3 is 5.32 Å². The standard InChI is InChI=1S/C25H20Cl2N2O3/c1-25(2)11-16-22-14-6-4-3-5-13(14)7-8-19(22)28-24(23(16)21(30)12-25)15-9-20(29(31)32)18(27)10-17(15)26/h3-10,24,28H,11-12H2,1-2H3/t24-/m1/s1. The number of benzene rings is 3. The van der Waals surface area contributed by atoms with Gasteiger partial charge >= 0.3 is 0 Å². The summed E-state index contributed by atoms with van der Waals surface area (Å²) in [6.45, 7) is 4.19. The average Bonchev–Trinajstić information content (AvgIpc) is 2.71. The van der Waals surface area contributed by atoms with E-state index in [1.165, 1.54) is 12.1 Å². The third-order valence-electron chi connectivity index (χ3n) is 6.31. The first-order chi connectivity index (χ1) is 15.2. The zero-order valence-corrected chi connectivity index (χ0v) is 19.1. The topological polar surface area (TPSA) is 72.2 Å². The third-order valence-corrected chi connectivity index (χ3v) is 6.94. The van der Waals surface area contributed by atoms with E-state index in [2.05, 4.69) is 31.3 Å². The van der Waals surface area contributed by atoms with Gasteiger partial charge in [-0.05, 0) is 40.3 Å². The molecule has 1 aliphatic heterocycles. The number of carbonyl (C=O) groups is 1. The Bertz CT molecular complexity index is 1360. The Morgan fingerprint density at radius 2 is 1.81 bits per heavy atom. The molecule has 0 spiro atoms. The number of carbonyl (C=O) groups excluding carboxylic acids is 1. The minimum Gasteiger partial charge on any atom is -0.373 e. The van der Waals surface area contributed by atoms with Gasteiger partial charge in [-0.25, -0.2) is 0 Å². The fourth-order valence-electron chi connectivity index (χ4n) is 4.99. The molecule has 2 aliphatic rings. The minimum absolute atomic E-state index is 0.0287. The number of hydrogen-bond donors (Lipinski definition) is 1. The zero-order valence-electron chi connectivity index (χ0n) is 17.5. The van der Waals surface area contributed by atoms with E-state index in [9.17, 15) is 14.9 Å². The third kappa shape index (κ3) is 3.28. The van der Waals surface area contributed by atoms with Gasteiger partial charge in [-0.15, -0.1) is 0 Å². The normalized spacial score (nSPS) is 19.4. The van der Waals surface area contributed by atoms with Crippen molar-refractivity contribution in [3.05, 3.63) is 85.4 Å². The predicted octanol–water partition coefficient (Wildman–Crippen LogP) is 7.36. The van der Waals surface area contributed by atoms with E-state index in [-0.39, 0.29) is 26.9 Å². The molecule has 0 unspecified atom stereocenters. The number of allylic oxidation sites excluding steroid dienone is 1. The van der Waals surface area contributed by atoms with Crippen LogP contribution in [0.1, 0.15) is 43.9 Å². The van der Waals surface area contributed by atoms with Crippen molar-refractivity contribution in [2.45, 2.75) is 32.7 Å². The molecule has 0 saturated carbocycles. The molecule has 0 radical (unpaired) electrons. The molecule has 5 nitrogen and oxygen atoms in total. The Hall–Kier alpha value is -2.89. The molecule has 32 heavy (non-hydrogen) atoms. The lowest BCUT2D eigenvalue weighted by Gasteiger charge is -2.40. The summed E-state index contributed by atoms with van der Waals surface area (Å²) in [5.41, 5.74) is 3.57. The lowest BCUT2D eigenvalue weighted by Crippen LogP contribution is -2.33. The average molecular weight is 467 g/mol. The number of halogens is 2. The molecule has 162 valence electrons. The monoisotopic (exact) mass is 466 g/mol. The van der Waals surface area contributed by atoms with Crippen LogP contribution in [0.15, 0.2) is 54.1 Å². The maximum Gasteiger partial charge on any atom is 0.288 e. The Morgan fingerprint density at radius 1 is 1.06 bits per heavy atom. The molecule has 1 atom stereocenters. The summed E-state index contributed by atoms with van der Waals surface area (Å²) in [5, 5.41) is 17.4. The second-order valence-corrected chi connectivity index (χ2v) is 10.0. The Labute approximate surface area is 195 Å². The fraction of sp³-hybridized carbons (Fsp3) is 0.240. The molecule has 0 fully saturated rings. The summed E-state index contributed by atoms with van der Waals surface area (Å²) < 4.78 is 0. The highest BCUT2D eigenvalue weighted by molar-refractivity contribution is 6.36. The van der Waals surface area contributed by atoms with Crippen LogP contribution in [0.5, 0.6) is 0 Å². The van der Waals surface area contributed by atoms with Crippen molar-refractivity contribution >= 4 is 56.7 Å². The number of anilines is 1. The smallest absolute Gasteiger partial charge is 0.288 e. The quantitative estimate of drug-likeness (QED) is 0.316. The second kappa shape index (κ2) is 7.32. The van der Waals surface area contributed by atoms with E-state index in [1.54, 1.807) is 0 Å². The summed E-state index contributed by atoms with van der Waals surface area (Å²) in [6.07, 6.45) is 1.12. The lowest BCUT2D eigenvalue weighted by atomic mass is 9.68. The summed E-state index contributed by atoms with van der Waals surface area (Å²) in [5.74, 6) is 0.0287. The van der Waals surface area contributed by atoms with Gasteiger partial charge in [0, 0.05) is 39.9 Å². The van der Waals surface area contributed by atoms with Crippen LogP contribution in [-0.4, -0.2) is 10.7 Å². The SMILES string of the molecule is CC1(C)CC(=O)C2=C(C1)c1c(ccc3ccccc13)N[C@@H]2c1cc([N+](=O)[O-])c(Cl)cc1Cl. The van der Waals surface area contributed by atoms with E-state index in [4.69, 9.17) is 23.2 Å². The molecule has 0 saturated heterocycles. The van der Waals surface area contributed by atoms with Crippen molar-refractivity contribution < 1.29 is 9.72 Å². The first-order valence-corrected chi connectivity index (χ1v) is 11.1. The van der Waals surface area contributed by atoms with E-state index in [0.29, 0.717) is 17.6 Å². The molecule has 3 aromatic rings. The van der Waals surface area contributed by atoms with Crippen molar-refractivity contribution in [2.24, 2.45) is 5.41 Å². The van der Waals surface area contributed by atoms with Crippen molar-refractivity contribution in [3.63, 3.8) is 0 Å². The molecule has 5 rings (SSSR count). The molecular weight excluding hydrogens is 447 g/mol. The number of nitro groups is 1. The van der Waals surface area contributed by atoms with Gasteiger partial charge in [0.25, 0.3) is 5.69 Å². The lowest BCUT2D eigenvalue weighted by molar-refractivity contribution is -0.384. The van der Waals surface area contributed by atoms with E-state index < -0.39 is 11.0 Å². The van der Waals surface area contributed by atoms with Crippen LogP contribution in [0.25, 0.3) is 16.3 Å². The van der Waals surface area contributed by atoms with E-state index in [1.807, 2.05) is 24.3 Å². The Kier molecular flexibility index (Phi) is 4.80. The number of Topliss-reactive ketones (excluding diaryl/α,β-unsaturated/α-hetero) is 1. The fourth-order valence-corrected chi connectivity index (χ4v) is 5.55. The van der Waals surface area contributed by atoms with Crippen LogP contribution in [-0.2, 0) is 4.79 Å². The number of nitrogens with one attached hydrogen (secondary N) is 1. The van der Waals surface area contributed by atoms with Crippen LogP contribution in [0.2, 0.25) is 10.0 Å². The number of rotatable bonds is 2. The minimum atomic E-state index is -0.592. The van der Waals surface area contributed by atoms with Crippen molar-refractivity contribution in [1.29, 1.82) is 0 Å². The van der Waals surface area contributed by atoms with E-state index in [0.717, 1.165) is 34.0 Å². The van der Waals surface area contributed by atoms with Gasteiger partial charge in [-0.1, -0.05) is 67.4 Å². The number of nitro benzene ring substituents is 1. The van der Waals surface area contributed by atoms with Crippen LogP contribution < -0.4 is 5.32 Å². The highest BCUT2D eigenvalue weighted by atomic mass is 35.5. The molecule has 1 heterocycles. The van der Waals surface area contributed by atoms with Crippen molar-refractivity contribution in [3.8, 4) is 0 Å². The summed E-state index contributed by atoms with van der Waals surface area (Å²) in [7, 11) is 0. The predicted molar refractivity (Wildman–Crippen MR) is 128 cm³/mol. The van der Waals surface area contributed by atoms with Gasteiger partial charge in [-0.2, -0.15) is 0 Å². The van der Waals surface area contributed by atoms with Crippen LogP contribution >= 0.6 is 23.2 Å². The number of hydrogen-bond acceptors (Lipinski definition) is 4. The number of nitrogens with zero attached hydrogens (tertiary/aromatic N) is 1. The highest BCUT2D eigenvalue weighted by Crippen LogP contribution is 2.53. The first kappa shape index (κ1) is 21.0. The van der Waals surface area contributed by atoms with Crippen molar-refractivity contribution in [1.82, 2.24) is 0 Å². The molecule has 7 heteroatoms. The molecule has 1 aliphatic carbocycles. The van der Waals surface area contributed by atoms with Gasteiger partial charge in [0.05, 0.1) is 11.0 Å². The maximum atomic E-state index is 13.5. The molecule has 3 aromatic carbocycles. The summed E-state index contributed by atoms with van der Waals surface area (Å²) in [6, 6.07) is 14.3. The van der Waals surface area contributed by atoms with Crippen LogP contribution in [0.4, 0.5) is 11.4 Å². The molecule has 0 amide bonds. The summed E-state index contributed by atoms with van der Waals surface area (Å²) >= 11 is 12.6. The Balaban J connectivity index is 1.81. The zero-order chi connectivity index (χ0) is 22.8.